The Balaban J connectivity index is 2.07. The predicted octanol–water partition coefficient (Wildman–Crippen LogP) is 2.25. The van der Waals surface area contributed by atoms with Crippen molar-refractivity contribution in [1.82, 2.24) is 9.55 Å². The minimum atomic E-state index is -0.127. The molecule has 17 heavy (non-hydrogen) atoms. The first-order chi connectivity index (χ1) is 8.29. The maximum Gasteiger partial charge on any atom is 0.255 e. The summed E-state index contributed by atoms with van der Waals surface area (Å²) in [6.07, 6.45) is 7.91. The number of allylic oxidation sites excluding steroid dienone is 1. The molecule has 86 valence electrons. The van der Waals surface area contributed by atoms with Crippen LogP contribution in [0.5, 0.6) is 5.75 Å². The molecular formula is C13H12N2O2. The average molecular weight is 228 g/mol. The van der Waals surface area contributed by atoms with Gasteiger partial charge < -0.3 is 4.74 Å². The Bertz CT molecular complexity index is 513. The third kappa shape index (κ3) is 2.81. The number of hydrogen-bond donors (Lipinski definition) is 0. The lowest BCUT2D eigenvalue weighted by atomic mass is 10.2. The van der Waals surface area contributed by atoms with E-state index in [1.165, 1.54) is 17.0 Å². The molecule has 4 heteroatoms. The van der Waals surface area contributed by atoms with Crippen LogP contribution < -0.4 is 4.74 Å². The lowest BCUT2D eigenvalue weighted by molar-refractivity contribution is 0.0969. The van der Waals surface area contributed by atoms with Gasteiger partial charge in [-0.25, -0.2) is 4.98 Å². The number of imidazole rings is 1. The summed E-state index contributed by atoms with van der Waals surface area (Å²) < 4.78 is 6.47. The number of carbonyl (C=O) groups excluding carboxylic acids is 1. The van der Waals surface area contributed by atoms with Crippen LogP contribution in [-0.4, -0.2) is 22.6 Å². The fourth-order valence-electron chi connectivity index (χ4n) is 1.36. The average Bonchev–Trinajstić information content (AvgIpc) is 2.90. The van der Waals surface area contributed by atoms with E-state index in [1.54, 1.807) is 25.6 Å². The van der Waals surface area contributed by atoms with Gasteiger partial charge in [0.15, 0.2) is 0 Å². The third-order valence-electron chi connectivity index (χ3n) is 2.29. The molecule has 4 nitrogen and oxygen atoms in total. The van der Waals surface area contributed by atoms with Crippen molar-refractivity contribution in [3.8, 4) is 5.75 Å². The van der Waals surface area contributed by atoms with Crippen LogP contribution in [0.3, 0.4) is 0 Å². The summed E-state index contributed by atoms with van der Waals surface area (Å²) in [4.78, 5) is 15.4. The number of aromatic nitrogens is 2. The van der Waals surface area contributed by atoms with E-state index in [4.69, 9.17) is 4.74 Å². The van der Waals surface area contributed by atoms with Crippen molar-refractivity contribution in [2.45, 2.75) is 0 Å². The molecule has 0 atom stereocenters. The predicted molar refractivity (Wildman–Crippen MR) is 64.9 cm³/mol. The maximum absolute atomic E-state index is 11.6. The molecule has 1 heterocycles. The number of methoxy groups -OCH3 is 1. The van der Waals surface area contributed by atoms with Crippen LogP contribution in [0.25, 0.3) is 6.08 Å². The molecule has 0 radical (unpaired) electrons. The largest absolute Gasteiger partial charge is 0.497 e. The second-order valence-corrected chi connectivity index (χ2v) is 3.41. The molecule has 0 fully saturated rings. The first kappa shape index (κ1) is 11.1. The van der Waals surface area contributed by atoms with Crippen LogP contribution in [0, 0.1) is 0 Å². The minimum Gasteiger partial charge on any atom is -0.497 e. The first-order valence-corrected chi connectivity index (χ1v) is 5.14. The van der Waals surface area contributed by atoms with E-state index in [9.17, 15) is 4.79 Å². The van der Waals surface area contributed by atoms with Gasteiger partial charge in [-0.15, -0.1) is 0 Å². The zero-order valence-electron chi connectivity index (χ0n) is 9.41. The van der Waals surface area contributed by atoms with Crippen molar-refractivity contribution in [2.75, 3.05) is 7.11 Å². The Morgan fingerprint density at radius 3 is 2.71 bits per heavy atom. The van der Waals surface area contributed by atoms with Crippen LogP contribution in [0.4, 0.5) is 0 Å². The van der Waals surface area contributed by atoms with Crippen molar-refractivity contribution in [3.05, 3.63) is 54.6 Å². The van der Waals surface area contributed by atoms with E-state index in [-0.39, 0.29) is 5.91 Å². The van der Waals surface area contributed by atoms with Crippen LogP contribution >= 0.6 is 0 Å². The number of rotatable bonds is 3. The molecule has 0 unspecified atom stereocenters. The molecular weight excluding hydrogens is 216 g/mol. The van der Waals surface area contributed by atoms with Crippen molar-refractivity contribution >= 4 is 12.0 Å². The summed E-state index contributed by atoms with van der Waals surface area (Å²) in [5.41, 5.74) is 0.944. The van der Waals surface area contributed by atoms with Gasteiger partial charge in [-0.05, 0) is 23.8 Å². The Labute approximate surface area is 99.2 Å². The van der Waals surface area contributed by atoms with Gasteiger partial charge >= 0.3 is 0 Å². The molecule has 0 amide bonds. The van der Waals surface area contributed by atoms with Crippen LogP contribution in [0.1, 0.15) is 10.4 Å². The minimum absolute atomic E-state index is 0.127. The SMILES string of the molecule is COc1ccc(/C=C/C(=O)n2ccnc2)cc1. The Morgan fingerprint density at radius 1 is 1.35 bits per heavy atom. The van der Waals surface area contributed by atoms with E-state index >= 15 is 0 Å². The molecule has 0 saturated heterocycles. The zero-order chi connectivity index (χ0) is 12.1. The number of carbonyl (C=O) groups is 1. The summed E-state index contributed by atoms with van der Waals surface area (Å²) >= 11 is 0. The Hall–Kier alpha value is -2.36. The highest BCUT2D eigenvalue weighted by atomic mass is 16.5. The number of hydrogen-bond acceptors (Lipinski definition) is 3. The fraction of sp³-hybridized carbons (Fsp3) is 0.0769. The molecule has 2 aromatic rings. The standard InChI is InChI=1S/C13H12N2O2/c1-17-12-5-2-11(3-6-12)4-7-13(16)15-9-8-14-10-15/h2-10H,1H3/b7-4+. The van der Waals surface area contributed by atoms with E-state index in [1.807, 2.05) is 24.3 Å². The smallest absolute Gasteiger partial charge is 0.255 e. The molecule has 0 aliphatic rings. The molecule has 0 aliphatic heterocycles. The second-order valence-electron chi connectivity index (χ2n) is 3.41. The van der Waals surface area contributed by atoms with Gasteiger partial charge in [-0.1, -0.05) is 12.1 Å². The van der Waals surface area contributed by atoms with Gasteiger partial charge in [-0.3, -0.25) is 9.36 Å². The molecule has 1 aromatic carbocycles. The highest BCUT2D eigenvalue weighted by molar-refractivity contribution is 5.93. The summed E-state index contributed by atoms with van der Waals surface area (Å²) in [6.45, 7) is 0. The molecule has 0 bridgehead atoms. The highest BCUT2D eigenvalue weighted by Gasteiger charge is 1.97. The molecule has 0 N–H and O–H groups in total. The zero-order valence-corrected chi connectivity index (χ0v) is 9.41. The summed E-state index contributed by atoms with van der Waals surface area (Å²) in [6, 6.07) is 7.47. The number of ether oxygens (including phenoxy) is 1. The van der Waals surface area contributed by atoms with Crippen molar-refractivity contribution in [2.24, 2.45) is 0 Å². The van der Waals surface area contributed by atoms with E-state index < -0.39 is 0 Å². The van der Waals surface area contributed by atoms with Gasteiger partial charge in [0.05, 0.1) is 7.11 Å². The van der Waals surface area contributed by atoms with Crippen molar-refractivity contribution in [3.63, 3.8) is 0 Å². The van der Waals surface area contributed by atoms with Gasteiger partial charge in [0.1, 0.15) is 12.1 Å². The molecule has 0 spiro atoms. The van der Waals surface area contributed by atoms with Gasteiger partial charge in [0.2, 0.25) is 0 Å². The van der Waals surface area contributed by atoms with Gasteiger partial charge in [-0.2, -0.15) is 0 Å². The lowest BCUT2D eigenvalue weighted by Crippen LogP contribution is -2.03. The second kappa shape index (κ2) is 5.12. The molecule has 1 aromatic heterocycles. The molecule has 2 rings (SSSR count). The normalized spacial score (nSPS) is 10.6. The number of nitrogens with zero attached hydrogens (tertiary/aromatic N) is 2. The fourth-order valence-corrected chi connectivity index (χ4v) is 1.36. The Kier molecular flexibility index (Phi) is 3.35. The van der Waals surface area contributed by atoms with Gasteiger partial charge in [0.25, 0.3) is 5.91 Å². The lowest BCUT2D eigenvalue weighted by Gasteiger charge is -1.99. The van der Waals surface area contributed by atoms with Crippen molar-refractivity contribution < 1.29 is 9.53 Å². The molecule has 0 aliphatic carbocycles. The van der Waals surface area contributed by atoms with E-state index in [0.717, 1.165) is 11.3 Å². The summed E-state index contributed by atoms with van der Waals surface area (Å²) in [5, 5.41) is 0. The molecule has 0 saturated carbocycles. The monoisotopic (exact) mass is 228 g/mol. The third-order valence-corrected chi connectivity index (χ3v) is 2.29. The van der Waals surface area contributed by atoms with E-state index in [0.29, 0.717) is 0 Å². The van der Waals surface area contributed by atoms with Gasteiger partial charge in [0, 0.05) is 18.5 Å². The van der Waals surface area contributed by atoms with Crippen molar-refractivity contribution in [1.29, 1.82) is 0 Å². The van der Waals surface area contributed by atoms with Crippen LogP contribution in [0.15, 0.2) is 49.1 Å². The van der Waals surface area contributed by atoms with Crippen LogP contribution in [-0.2, 0) is 0 Å². The highest BCUT2D eigenvalue weighted by Crippen LogP contribution is 2.12. The summed E-state index contributed by atoms with van der Waals surface area (Å²) in [7, 11) is 1.62. The van der Waals surface area contributed by atoms with E-state index in [2.05, 4.69) is 4.98 Å². The van der Waals surface area contributed by atoms with Crippen LogP contribution in [0.2, 0.25) is 0 Å². The Morgan fingerprint density at radius 2 is 2.12 bits per heavy atom. The maximum atomic E-state index is 11.6. The summed E-state index contributed by atoms with van der Waals surface area (Å²) in [5.74, 6) is 0.668. The first-order valence-electron chi connectivity index (χ1n) is 5.14. The number of benzene rings is 1. The quantitative estimate of drug-likeness (QED) is 0.757. The topological polar surface area (TPSA) is 44.1 Å².